The van der Waals surface area contributed by atoms with Crippen molar-refractivity contribution in [3.8, 4) is 11.8 Å². The Labute approximate surface area is 63.3 Å². The monoisotopic (exact) mass is 133 g/mol. The van der Waals surface area contributed by atoms with Crippen molar-refractivity contribution >= 4 is 0 Å². The molecule has 1 aliphatic carbocycles. The van der Waals surface area contributed by atoms with E-state index in [4.69, 9.17) is 0 Å². The fourth-order valence-corrected chi connectivity index (χ4v) is 1.04. The molecule has 0 aromatic rings. The van der Waals surface area contributed by atoms with Crippen molar-refractivity contribution in [1.82, 2.24) is 0 Å². The summed E-state index contributed by atoms with van der Waals surface area (Å²) >= 11 is 0. The van der Waals surface area contributed by atoms with Crippen LogP contribution in [0.15, 0.2) is 6.08 Å². The molecule has 0 heterocycles. The summed E-state index contributed by atoms with van der Waals surface area (Å²) in [6.45, 7) is 0. The Kier molecular flexibility index (Phi) is 3.79. The lowest BCUT2D eigenvalue weighted by Crippen LogP contribution is -1.78. The van der Waals surface area contributed by atoms with Crippen molar-refractivity contribution in [1.29, 1.82) is 0 Å². The van der Waals surface area contributed by atoms with Crippen molar-refractivity contribution in [3.63, 3.8) is 0 Å². The van der Waals surface area contributed by atoms with E-state index in [9.17, 15) is 0 Å². The predicted octanol–water partition coefficient (Wildman–Crippen LogP) is 2.70. The van der Waals surface area contributed by atoms with Crippen LogP contribution in [0.3, 0.4) is 0 Å². The maximum Gasteiger partial charge on any atom is 0.00922 e. The third kappa shape index (κ3) is 3.35. The Bertz CT molecular complexity index is 155. The molecule has 0 unspecified atom stereocenters. The van der Waals surface area contributed by atoms with Crippen LogP contribution in [0.4, 0.5) is 0 Å². The van der Waals surface area contributed by atoms with Crippen molar-refractivity contribution in [2.24, 2.45) is 0 Å². The molecule has 0 atom stereocenters. The molecular formula is C10H13. The van der Waals surface area contributed by atoms with Gasteiger partial charge in [0, 0.05) is 6.42 Å². The van der Waals surface area contributed by atoms with Gasteiger partial charge in [-0.3, -0.25) is 0 Å². The largest absolute Gasteiger partial charge is 0.0985 e. The third-order valence-corrected chi connectivity index (χ3v) is 1.65. The Balaban J connectivity index is 2.31. The van der Waals surface area contributed by atoms with Gasteiger partial charge in [0.15, 0.2) is 0 Å². The first-order valence-electron chi connectivity index (χ1n) is 4.03. The van der Waals surface area contributed by atoms with Crippen LogP contribution in [0.5, 0.6) is 0 Å². The summed E-state index contributed by atoms with van der Waals surface area (Å²) < 4.78 is 0. The highest BCUT2D eigenvalue weighted by atomic mass is 13.9. The normalized spacial score (nSPS) is 22.4. The van der Waals surface area contributed by atoms with Gasteiger partial charge in [0.2, 0.25) is 0 Å². The summed E-state index contributed by atoms with van der Waals surface area (Å²) in [6, 6.07) is 0. The maximum absolute atomic E-state index is 3.16. The van der Waals surface area contributed by atoms with Crippen LogP contribution >= 0.6 is 0 Å². The minimum Gasteiger partial charge on any atom is -0.0985 e. The highest BCUT2D eigenvalue weighted by Gasteiger charge is 1.88. The molecule has 0 heteroatoms. The molecule has 0 bridgehead atoms. The van der Waals surface area contributed by atoms with Gasteiger partial charge in [-0.25, -0.2) is 0 Å². The van der Waals surface area contributed by atoms with E-state index in [1.165, 1.54) is 25.7 Å². The number of hydrogen-bond donors (Lipinski definition) is 0. The second-order valence-corrected chi connectivity index (χ2v) is 2.58. The standard InChI is InChI=1S/C10H13/c1-2-4-6-8-10-9-7-5-3-1/h1H,4,6-10H2. The Morgan fingerprint density at radius 1 is 0.900 bits per heavy atom. The van der Waals surface area contributed by atoms with E-state index in [-0.39, 0.29) is 0 Å². The van der Waals surface area contributed by atoms with Crippen molar-refractivity contribution < 1.29 is 0 Å². The topological polar surface area (TPSA) is 0 Å². The SMILES string of the molecule is [C]1=C\C#CCCCCCC/1. The molecule has 1 aliphatic rings. The molecule has 10 heavy (non-hydrogen) atoms. The molecule has 0 nitrogen and oxygen atoms in total. The van der Waals surface area contributed by atoms with Gasteiger partial charge in [0.05, 0.1) is 0 Å². The fraction of sp³-hybridized carbons (Fsp3) is 0.600. The average molecular weight is 133 g/mol. The van der Waals surface area contributed by atoms with E-state index >= 15 is 0 Å². The van der Waals surface area contributed by atoms with Crippen molar-refractivity contribution in [2.75, 3.05) is 0 Å². The molecule has 0 saturated carbocycles. The van der Waals surface area contributed by atoms with Gasteiger partial charge in [-0.2, -0.15) is 0 Å². The summed E-state index contributed by atoms with van der Waals surface area (Å²) in [5.41, 5.74) is 0. The zero-order valence-electron chi connectivity index (χ0n) is 6.32. The summed E-state index contributed by atoms with van der Waals surface area (Å²) in [4.78, 5) is 0. The zero-order valence-corrected chi connectivity index (χ0v) is 6.32. The molecule has 0 aliphatic heterocycles. The quantitative estimate of drug-likeness (QED) is 0.446. The molecule has 0 aromatic carbocycles. The predicted molar refractivity (Wildman–Crippen MR) is 43.3 cm³/mol. The molecule has 53 valence electrons. The zero-order chi connectivity index (χ0) is 7.07. The van der Waals surface area contributed by atoms with Gasteiger partial charge in [0.1, 0.15) is 0 Å². The van der Waals surface area contributed by atoms with Crippen LogP contribution in [-0.4, -0.2) is 0 Å². The van der Waals surface area contributed by atoms with Gasteiger partial charge in [-0.1, -0.05) is 24.7 Å². The minimum atomic E-state index is 1.07. The van der Waals surface area contributed by atoms with Crippen LogP contribution in [0.25, 0.3) is 0 Å². The van der Waals surface area contributed by atoms with Gasteiger partial charge in [-0.15, -0.1) is 0 Å². The van der Waals surface area contributed by atoms with Crippen LogP contribution < -0.4 is 0 Å². The van der Waals surface area contributed by atoms with E-state index < -0.39 is 0 Å². The van der Waals surface area contributed by atoms with E-state index in [1.54, 1.807) is 0 Å². The number of hydrogen-bond acceptors (Lipinski definition) is 0. The summed E-state index contributed by atoms with van der Waals surface area (Å²) in [5, 5.41) is 0. The first-order chi connectivity index (χ1) is 5.00. The van der Waals surface area contributed by atoms with Crippen LogP contribution in [0, 0.1) is 17.9 Å². The molecular weight excluding hydrogens is 120 g/mol. The van der Waals surface area contributed by atoms with Crippen molar-refractivity contribution in [3.05, 3.63) is 12.2 Å². The summed E-state index contributed by atoms with van der Waals surface area (Å²) in [7, 11) is 0. The fourth-order valence-electron chi connectivity index (χ4n) is 1.04. The Hall–Kier alpha value is -0.700. The lowest BCUT2D eigenvalue weighted by Gasteiger charge is -1.95. The first kappa shape index (κ1) is 7.41. The van der Waals surface area contributed by atoms with Crippen LogP contribution in [-0.2, 0) is 0 Å². The molecule has 0 spiro atoms. The van der Waals surface area contributed by atoms with Crippen molar-refractivity contribution in [2.45, 2.75) is 38.5 Å². The lowest BCUT2D eigenvalue weighted by atomic mass is 10.1. The second kappa shape index (κ2) is 5.11. The van der Waals surface area contributed by atoms with Gasteiger partial charge in [0.25, 0.3) is 0 Å². The first-order valence-corrected chi connectivity index (χ1v) is 4.03. The van der Waals surface area contributed by atoms with Crippen LogP contribution in [0.2, 0.25) is 0 Å². The minimum absolute atomic E-state index is 1.07. The molecule has 0 fully saturated rings. The van der Waals surface area contributed by atoms with Gasteiger partial charge < -0.3 is 0 Å². The van der Waals surface area contributed by atoms with E-state index in [0.717, 1.165) is 12.8 Å². The summed E-state index contributed by atoms with van der Waals surface area (Å²) in [6.07, 6.45) is 12.4. The Morgan fingerprint density at radius 2 is 1.70 bits per heavy atom. The number of allylic oxidation sites excluding steroid dienone is 2. The maximum atomic E-state index is 3.16. The van der Waals surface area contributed by atoms with E-state index in [1.807, 2.05) is 6.08 Å². The molecule has 0 saturated heterocycles. The second-order valence-electron chi connectivity index (χ2n) is 2.58. The van der Waals surface area contributed by atoms with E-state index in [0.29, 0.717) is 0 Å². The van der Waals surface area contributed by atoms with Gasteiger partial charge >= 0.3 is 0 Å². The average Bonchev–Trinajstić information content (AvgIpc) is 2.01. The van der Waals surface area contributed by atoms with Crippen LogP contribution in [0.1, 0.15) is 38.5 Å². The third-order valence-electron chi connectivity index (χ3n) is 1.65. The highest BCUT2D eigenvalue weighted by Crippen LogP contribution is 2.05. The molecule has 1 radical (unpaired) electrons. The molecule has 0 aromatic heterocycles. The molecule has 0 amide bonds. The van der Waals surface area contributed by atoms with Gasteiger partial charge in [-0.05, 0) is 31.4 Å². The molecule has 1 rings (SSSR count). The number of rotatable bonds is 0. The Morgan fingerprint density at radius 3 is 2.60 bits per heavy atom. The molecule has 0 N–H and O–H groups in total. The smallest absolute Gasteiger partial charge is 0.00922 e. The summed E-state index contributed by atoms with van der Waals surface area (Å²) in [5.74, 6) is 6.06. The van der Waals surface area contributed by atoms with E-state index in [2.05, 4.69) is 17.9 Å². The highest BCUT2D eigenvalue weighted by molar-refractivity contribution is 5.13. The lowest BCUT2D eigenvalue weighted by molar-refractivity contribution is 0.652.